The fourth-order valence-corrected chi connectivity index (χ4v) is 3.22. The summed E-state index contributed by atoms with van der Waals surface area (Å²) in [7, 11) is -3.46. The zero-order valence-corrected chi connectivity index (χ0v) is 11.4. The normalized spacial score (nSPS) is 29.2. The number of nitrogens with zero attached hydrogens (tertiary/aromatic N) is 1. The number of morpholine rings is 1. The number of hydrogen-bond donors (Lipinski definition) is 2. The van der Waals surface area contributed by atoms with Gasteiger partial charge in [0.05, 0.1) is 12.2 Å². The van der Waals surface area contributed by atoms with Gasteiger partial charge in [-0.1, -0.05) is 6.92 Å². The van der Waals surface area contributed by atoms with Crippen molar-refractivity contribution in [2.24, 2.45) is 5.92 Å². The molecule has 3 unspecified atom stereocenters. The van der Waals surface area contributed by atoms with E-state index in [1.54, 1.807) is 6.92 Å². The molecule has 6 nitrogen and oxygen atoms in total. The Labute approximate surface area is 103 Å². The Morgan fingerprint density at radius 3 is 2.41 bits per heavy atom. The van der Waals surface area contributed by atoms with Crippen molar-refractivity contribution in [3.63, 3.8) is 0 Å². The van der Waals surface area contributed by atoms with Gasteiger partial charge >= 0.3 is 0 Å². The maximum Gasteiger partial charge on any atom is 0.279 e. The van der Waals surface area contributed by atoms with E-state index in [9.17, 15) is 8.42 Å². The molecule has 0 aromatic carbocycles. The molecule has 0 bridgehead atoms. The zero-order chi connectivity index (χ0) is 13.1. The van der Waals surface area contributed by atoms with E-state index < -0.39 is 10.2 Å². The van der Waals surface area contributed by atoms with E-state index in [0.717, 1.165) is 0 Å². The van der Waals surface area contributed by atoms with Gasteiger partial charge in [-0.15, -0.1) is 0 Å². The second-order valence-corrected chi connectivity index (χ2v) is 6.47. The Bertz CT molecular complexity index is 323. The van der Waals surface area contributed by atoms with Gasteiger partial charge in [0.25, 0.3) is 10.2 Å². The van der Waals surface area contributed by atoms with Crippen LogP contribution >= 0.6 is 0 Å². The molecule has 0 aliphatic carbocycles. The number of nitrogens with one attached hydrogen (secondary N) is 1. The van der Waals surface area contributed by atoms with Crippen LogP contribution in [0.3, 0.4) is 0 Å². The lowest BCUT2D eigenvalue weighted by molar-refractivity contribution is -0.0444. The van der Waals surface area contributed by atoms with Crippen LogP contribution in [0.1, 0.15) is 20.8 Å². The average molecular weight is 266 g/mol. The van der Waals surface area contributed by atoms with Crippen LogP contribution in [0.15, 0.2) is 0 Å². The summed E-state index contributed by atoms with van der Waals surface area (Å²) in [6.07, 6.45) is -0.184. The standard InChI is InChI=1S/C10H22N2O4S/c1-8(7-13)4-11-17(14,15)12-5-9(2)16-10(3)6-12/h8-11,13H,4-7H2,1-3H3. The Morgan fingerprint density at radius 1 is 1.41 bits per heavy atom. The largest absolute Gasteiger partial charge is 0.396 e. The molecule has 7 heteroatoms. The van der Waals surface area contributed by atoms with Gasteiger partial charge in [0.1, 0.15) is 0 Å². The van der Waals surface area contributed by atoms with Gasteiger partial charge in [-0.25, -0.2) is 4.72 Å². The van der Waals surface area contributed by atoms with Gasteiger partial charge in [0, 0.05) is 26.2 Å². The maximum absolute atomic E-state index is 12.0. The third kappa shape index (κ3) is 4.51. The highest BCUT2D eigenvalue weighted by molar-refractivity contribution is 7.87. The van der Waals surface area contributed by atoms with Crippen molar-refractivity contribution in [2.75, 3.05) is 26.2 Å². The van der Waals surface area contributed by atoms with Crippen LogP contribution in [0, 0.1) is 5.92 Å². The summed E-state index contributed by atoms with van der Waals surface area (Å²) in [5.74, 6) is -0.0827. The van der Waals surface area contributed by atoms with Crippen molar-refractivity contribution in [1.29, 1.82) is 0 Å². The fourth-order valence-electron chi connectivity index (χ4n) is 1.73. The molecule has 1 fully saturated rings. The van der Waals surface area contributed by atoms with Crippen LogP contribution in [-0.4, -0.2) is 56.3 Å². The summed E-state index contributed by atoms with van der Waals surface area (Å²) in [5.41, 5.74) is 0. The second-order valence-electron chi connectivity index (χ2n) is 4.72. The van der Waals surface area contributed by atoms with Crippen molar-refractivity contribution in [3.8, 4) is 0 Å². The number of aliphatic hydroxyl groups excluding tert-OH is 1. The summed E-state index contributed by atoms with van der Waals surface area (Å²) in [5, 5.41) is 8.86. The SMILES string of the molecule is CC(CO)CNS(=O)(=O)N1CC(C)OC(C)C1. The van der Waals surface area contributed by atoms with E-state index in [1.807, 2.05) is 13.8 Å². The first-order chi connectivity index (χ1) is 7.85. The minimum absolute atomic E-state index is 0.0293. The van der Waals surface area contributed by atoms with Gasteiger partial charge in [-0.05, 0) is 19.8 Å². The third-order valence-electron chi connectivity index (χ3n) is 2.65. The van der Waals surface area contributed by atoms with Crippen LogP contribution in [-0.2, 0) is 14.9 Å². The smallest absolute Gasteiger partial charge is 0.279 e. The van der Waals surface area contributed by atoms with E-state index in [1.165, 1.54) is 4.31 Å². The average Bonchev–Trinajstić information content (AvgIpc) is 2.24. The monoisotopic (exact) mass is 266 g/mol. The van der Waals surface area contributed by atoms with Crippen molar-refractivity contribution >= 4 is 10.2 Å². The maximum atomic E-state index is 12.0. The Morgan fingerprint density at radius 2 is 1.94 bits per heavy atom. The molecule has 0 aromatic rings. The van der Waals surface area contributed by atoms with Crippen molar-refractivity contribution in [3.05, 3.63) is 0 Å². The minimum atomic E-state index is -3.46. The molecule has 2 N–H and O–H groups in total. The molecule has 1 aliphatic heterocycles. The molecule has 0 aromatic heterocycles. The van der Waals surface area contributed by atoms with Crippen molar-refractivity contribution in [2.45, 2.75) is 33.0 Å². The molecule has 1 heterocycles. The number of ether oxygens (including phenoxy) is 1. The van der Waals surface area contributed by atoms with Crippen LogP contribution < -0.4 is 4.72 Å². The molecule has 0 radical (unpaired) electrons. The zero-order valence-electron chi connectivity index (χ0n) is 10.6. The van der Waals surface area contributed by atoms with Gasteiger partial charge in [0.15, 0.2) is 0 Å². The van der Waals surface area contributed by atoms with E-state index in [0.29, 0.717) is 13.1 Å². The quantitative estimate of drug-likeness (QED) is 0.707. The van der Waals surface area contributed by atoms with E-state index >= 15 is 0 Å². The molecule has 1 saturated heterocycles. The predicted octanol–water partition coefficient (Wildman–Crippen LogP) is -0.442. The summed E-state index contributed by atoms with van der Waals surface area (Å²) >= 11 is 0. The molecule has 0 spiro atoms. The van der Waals surface area contributed by atoms with Gasteiger partial charge < -0.3 is 9.84 Å². The molecule has 102 valence electrons. The van der Waals surface area contributed by atoms with E-state index in [-0.39, 0.29) is 31.3 Å². The Balaban J connectivity index is 2.57. The third-order valence-corrected chi connectivity index (χ3v) is 4.16. The van der Waals surface area contributed by atoms with Crippen LogP contribution in [0.2, 0.25) is 0 Å². The lowest BCUT2D eigenvalue weighted by Gasteiger charge is -2.34. The van der Waals surface area contributed by atoms with Crippen LogP contribution in [0.5, 0.6) is 0 Å². The van der Waals surface area contributed by atoms with Crippen LogP contribution in [0.4, 0.5) is 0 Å². The summed E-state index contributed by atoms with van der Waals surface area (Å²) in [4.78, 5) is 0. The first kappa shape index (κ1) is 14.8. The molecule has 1 aliphatic rings. The number of hydrogen-bond acceptors (Lipinski definition) is 4. The van der Waals surface area contributed by atoms with Crippen molar-refractivity contribution < 1.29 is 18.3 Å². The highest BCUT2D eigenvalue weighted by Gasteiger charge is 2.30. The van der Waals surface area contributed by atoms with Gasteiger partial charge in [-0.3, -0.25) is 0 Å². The first-order valence-electron chi connectivity index (χ1n) is 5.86. The predicted molar refractivity (Wildman–Crippen MR) is 64.8 cm³/mol. The molecular weight excluding hydrogens is 244 g/mol. The minimum Gasteiger partial charge on any atom is -0.396 e. The van der Waals surface area contributed by atoms with Gasteiger partial charge in [-0.2, -0.15) is 12.7 Å². The molecule has 1 rings (SSSR count). The lowest BCUT2D eigenvalue weighted by atomic mass is 10.2. The molecule has 0 amide bonds. The molecule has 17 heavy (non-hydrogen) atoms. The summed E-state index contributed by atoms with van der Waals surface area (Å²) in [6.45, 7) is 6.45. The Hall–Kier alpha value is -0.210. The van der Waals surface area contributed by atoms with E-state index in [4.69, 9.17) is 9.84 Å². The topological polar surface area (TPSA) is 78.9 Å². The number of rotatable bonds is 5. The molecule has 3 atom stereocenters. The highest BCUT2D eigenvalue weighted by atomic mass is 32.2. The lowest BCUT2D eigenvalue weighted by Crippen LogP contribution is -2.52. The number of aliphatic hydroxyl groups is 1. The summed E-state index contributed by atoms with van der Waals surface area (Å²) in [6, 6.07) is 0. The Kier molecular flexibility index (Phi) is 5.33. The van der Waals surface area contributed by atoms with Crippen molar-refractivity contribution in [1.82, 2.24) is 9.03 Å². The molecular formula is C10H22N2O4S. The summed E-state index contributed by atoms with van der Waals surface area (Å²) < 4.78 is 33.3. The van der Waals surface area contributed by atoms with Gasteiger partial charge in [0.2, 0.25) is 0 Å². The molecule has 0 saturated carbocycles. The van der Waals surface area contributed by atoms with Crippen LogP contribution in [0.25, 0.3) is 0 Å². The second kappa shape index (κ2) is 6.10. The fraction of sp³-hybridized carbons (Fsp3) is 1.00. The van der Waals surface area contributed by atoms with E-state index in [2.05, 4.69) is 4.72 Å². The first-order valence-corrected chi connectivity index (χ1v) is 7.30. The highest BCUT2D eigenvalue weighted by Crippen LogP contribution is 2.13.